The molecule has 0 unspecified atom stereocenters. The molecule has 0 N–H and O–H groups in total. The number of alkyl halides is 3. The fourth-order valence-electron chi connectivity index (χ4n) is 1.75. The fraction of sp³-hybridized carbons (Fsp3) is 0.125. The van der Waals surface area contributed by atoms with Crippen LogP contribution in [-0.2, 0) is 11.0 Å². The van der Waals surface area contributed by atoms with Crippen LogP contribution in [0.25, 0.3) is 0 Å². The Hall–Kier alpha value is -2.63. The molecule has 0 atom stereocenters. The number of carbonyl (C=O) groups is 2. The van der Waals surface area contributed by atoms with E-state index >= 15 is 0 Å². The second-order valence-electron chi connectivity index (χ2n) is 4.54. The standard InChI is InChI=1S/C16H11F3O3/c1-10(20)15(21)11-5-7-13(8-6-11)22-14-4-2-3-12(9-14)16(17,18)19/h2-9H,1H3. The third-order valence-electron chi connectivity index (χ3n) is 2.83. The second-order valence-corrected chi connectivity index (χ2v) is 4.54. The molecule has 0 fully saturated rings. The fourth-order valence-corrected chi connectivity index (χ4v) is 1.75. The molecular formula is C16H11F3O3. The molecule has 2 aromatic carbocycles. The molecule has 6 heteroatoms. The van der Waals surface area contributed by atoms with E-state index in [-0.39, 0.29) is 17.1 Å². The van der Waals surface area contributed by atoms with E-state index in [0.29, 0.717) is 0 Å². The monoisotopic (exact) mass is 308 g/mol. The maximum atomic E-state index is 12.6. The average molecular weight is 308 g/mol. The van der Waals surface area contributed by atoms with Crippen LogP contribution in [0.1, 0.15) is 22.8 Å². The Balaban J connectivity index is 2.18. The number of ketones is 2. The van der Waals surface area contributed by atoms with Gasteiger partial charge in [-0.15, -0.1) is 0 Å². The molecular weight excluding hydrogens is 297 g/mol. The smallest absolute Gasteiger partial charge is 0.416 e. The summed E-state index contributed by atoms with van der Waals surface area (Å²) in [6.45, 7) is 1.16. The lowest BCUT2D eigenvalue weighted by molar-refractivity contribution is -0.137. The summed E-state index contributed by atoms with van der Waals surface area (Å²) >= 11 is 0. The lowest BCUT2D eigenvalue weighted by atomic mass is 10.1. The first-order chi connectivity index (χ1) is 10.3. The van der Waals surface area contributed by atoms with Crippen LogP contribution in [0, 0.1) is 0 Å². The molecule has 22 heavy (non-hydrogen) atoms. The van der Waals surface area contributed by atoms with E-state index < -0.39 is 23.3 Å². The summed E-state index contributed by atoms with van der Waals surface area (Å²) in [6, 6.07) is 10.1. The second kappa shape index (κ2) is 6.01. The van der Waals surface area contributed by atoms with Crippen LogP contribution < -0.4 is 4.74 Å². The van der Waals surface area contributed by atoms with Crippen molar-refractivity contribution in [1.29, 1.82) is 0 Å². The van der Waals surface area contributed by atoms with Crippen molar-refractivity contribution in [3.63, 3.8) is 0 Å². The molecule has 0 aromatic heterocycles. The molecule has 114 valence electrons. The third-order valence-corrected chi connectivity index (χ3v) is 2.83. The molecule has 0 heterocycles. The van der Waals surface area contributed by atoms with Crippen LogP contribution in [0.5, 0.6) is 11.5 Å². The maximum Gasteiger partial charge on any atom is 0.416 e. The van der Waals surface area contributed by atoms with Gasteiger partial charge < -0.3 is 4.74 Å². The minimum absolute atomic E-state index is 0.0282. The topological polar surface area (TPSA) is 43.4 Å². The van der Waals surface area contributed by atoms with E-state index in [1.165, 1.54) is 36.4 Å². The molecule has 0 spiro atoms. The van der Waals surface area contributed by atoms with Crippen LogP contribution in [-0.4, -0.2) is 11.6 Å². The zero-order valence-corrected chi connectivity index (χ0v) is 11.5. The van der Waals surface area contributed by atoms with Crippen molar-refractivity contribution in [3.05, 3.63) is 59.7 Å². The normalized spacial score (nSPS) is 11.1. The number of benzene rings is 2. The van der Waals surface area contributed by atoms with Gasteiger partial charge in [-0.2, -0.15) is 13.2 Å². The molecule has 0 aliphatic heterocycles. The van der Waals surface area contributed by atoms with Crippen molar-refractivity contribution in [2.75, 3.05) is 0 Å². The molecule has 0 aliphatic rings. The Morgan fingerprint density at radius 1 is 0.955 bits per heavy atom. The van der Waals surface area contributed by atoms with Crippen LogP contribution in [0.3, 0.4) is 0 Å². The zero-order valence-electron chi connectivity index (χ0n) is 11.5. The van der Waals surface area contributed by atoms with Gasteiger partial charge in [0.25, 0.3) is 0 Å². The highest BCUT2D eigenvalue weighted by Crippen LogP contribution is 2.32. The Kier molecular flexibility index (Phi) is 4.30. The van der Waals surface area contributed by atoms with Crippen LogP contribution >= 0.6 is 0 Å². The van der Waals surface area contributed by atoms with Crippen molar-refractivity contribution < 1.29 is 27.5 Å². The minimum atomic E-state index is -4.45. The third kappa shape index (κ3) is 3.72. The number of ether oxygens (including phenoxy) is 1. The number of Topliss-reactive ketones (excluding diaryl/α,β-unsaturated/α-hetero) is 2. The van der Waals surface area contributed by atoms with Gasteiger partial charge in [0.15, 0.2) is 5.78 Å². The number of hydrogen-bond acceptors (Lipinski definition) is 3. The molecule has 2 aromatic rings. The Bertz CT molecular complexity index is 703. The van der Waals surface area contributed by atoms with Gasteiger partial charge in [-0.25, -0.2) is 0 Å². The molecule has 0 radical (unpaired) electrons. The molecule has 0 amide bonds. The zero-order chi connectivity index (χ0) is 16.3. The van der Waals surface area contributed by atoms with Gasteiger partial charge in [0.2, 0.25) is 5.78 Å². The van der Waals surface area contributed by atoms with Crippen molar-refractivity contribution in [3.8, 4) is 11.5 Å². The van der Waals surface area contributed by atoms with E-state index in [4.69, 9.17) is 4.74 Å². The summed E-state index contributed by atoms with van der Waals surface area (Å²) < 4.78 is 43.1. The van der Waals surface area contributed by atoms with Crippen LogP contribution in [0.2, 0.25) is 0 Å². The minimum Gasteiger partial charge on any atom is -0.457 e. The van der Waals surface area contributed by atoms with Gasteiger partial charge in [-0.05, 0) is 42.5 Å². The summed E-state index contributed by atoms with van der Waals surface area (Å²) in [6.07, 6.45) is -4.45. The first kappa shape index (κ1) is 15.8. The van der Waals surface area contributed by atoms with Crippen LogP contribution in [0.15, 0.2) is 48.5 Å². The lowest BCUT2D eigenvalue weighted by Gasteiger charge is -2.10. The van der Waals surface area contributed by atoms with Crippen molar-refractivity contribution in [2.45, 2.75) is 13.1 Å². The highest BCUT2D eigenvalue weighted by Gasteiger charge is 2.30. The molecule has 0 bridgehead atoms. The van der Waals surface area contributed by atoms with E-state index in [2.05, 4.69) is 0 Å². The van der Waals surface area contributed by atoms with E-state index in [9.17, 15) is 22.8 Å². The van der Waals surface area contributed by atoms with Gasteiger partial charge in [-0.3, -0.25) is 9.59 Å². The number of hydrogen-bond donors (Lipinski definition) is 0. The summed E-state index contributed by atoms with van der Waals surface area (Å²) in [5.74, 6) is -0.933. The van der Waals surface area contributed by atoms with Crippen molar-refractivity contribution in [1.82, 2.24) is 0 Å². The number of halogens is 3. The summed E-state index contributed by atoms with van der Waals surface area (Å²) in [5.41, 5.74) is -0.614. The van der Waals surface area contributed by atoms with E-state index in [1.54, 1.807) is 0 Å². The van der Waals surface area contributed by atoms with Gasteiger partial charge in [-0.1, -0.05) is 6.07 Å². The summed E-state index contributed by atoms with van der Waals surface area (Å²) in [4.78, 5) is 22.4. The molecule has 0 aliphatic carbocycles. The Morgan fingerprint density at radius 2 is 1.59 bits per heavy atom. The largest absolute Gasteiger partial charge is 0.457 e. The first-order valence-corrected chi connectivity index (χ1v) is 6.28. The summed E-state index contributed by atoms with van der Waals surface area (Å²) in [5, 5.41) is 0. The first-order valence-electron chi connectivity index (χ1n) is 6.28. The van der Waals surface area contributed by atoms with Crippen molar-refractivity contribution in [2.24, 2.45) is 0 Å². The van der Waals surface area contributed by atoms with Gasteiger partial charge in [0, 0.05) is 12.5 Å². The Labute approximate surface area is 124 Å². The average Bonchev–Trinajstić information content (AvgIpc) is 2.46. The molecule has 0 saturated carbocycles. The van der Waals surface area contributed by atoms with Crippen molar-refractivity contribution >= 4 is 11.6 Å². The SMILES string of the molecule is CC(=O)C(=O)c1ccc(Oc2cccc(C(F)(F)F)c2)cc1. The quantitative estimate of drug-likeness (QED) is 0.626. The molecule has 3 nitrogen and oxygen atoms in total. The Morgan fingerprint density at radius 3 is 2.14 bits per heavy atom. The highest BCUT2D eigenvalue weighted by molar-refractivity contribution is 6.42. The molecule has 0 saturated heterocycles. The van der Waals surface area contributed by atoms with E-state index in [0.717, 1.165) is 19.1 Å². The maximum absolute atomic E-state index is 12.6. The predicted molar refractivity (Wildman–Crippen MR) is 73.0 cm³/mol. The summed E-state index contributed by atoms with van der Waals surface area (Å²) in [7, 11) is 0. The highest BCUT2D eigenvalue weighted by atomic mass is 19.4. The number of rotatable bonds is 4. The van der Waals surface area contributed by atoms with Gasteiger partial charge in [0.1, 0.15) is 11.5 Å². The van der Waals surface area contributed by atoms with Gasteiger partial charge in [0.05, 0.1) is 5.56 Å². The molecule has 2 rings (SSSR count). The number of carbonyl (C=O) groups excluding carboxylic acids is 2. The lowest BCUT2D eigenvalue weighted by Crippen LogP contribution is -2.09. The predicted octanol–water partition coefficient (Wildman–Crippen LogP) is 4.27. The van der Waals surface area contributed by atoms with E-state index in [1.807, 2.05) is 0 Å². The van der Waals surface area contributed by atoms with Crippen LogP contribution in [0.4, 0.5) is 13.2 Å². The van der Waals surface area contributed by atoms with Gasteiger partial charge >= 0.3 is 6.18 Å².